The number of nitriles is 1. The third-order valence-corrected chi connectivity index (χ3v) is 9.13. The SMILES string of the molecule is C[C@H](CC1(c2nc(=O)on2C)c2ccc(C(=O)N(C)C)cc2CCc2cc(C(=O)N(C)C)ccc21)NCC(=O)N1CCC[C@H]1C#N. The minimum atomic E-state index is -1.06. The van der Waals surface area contributed by atoms with Gasteiger partial charge >= 0.3 is 5.76 Å². The van der Waals surface area contributed by atoms with Crippen LogP contribution in [0.3, 0.4) is 0 Å². The predicted molar refractivity (Wildman–Crippen MR) is 170 cm³/mol. The van der Waals surface area contributed by atoms with Crippen molar-refractivity contribution in [1.29, 1.82) is 5.26 Å². The Balaban J connectivity index is 1.67. The van der Waals surface area contributed by atoms with Gasteiger partial charge in [0.25, 0.3) is 11.8 Å². The van der Waals surface area contributed by atoms with E-state index in [-0.39, 0.29) is 30.3 Å². The maximum absolute atomic E-state index is 13.2. The number of aromatic nitrogens is 2. The first kappa shape index (κ1) is 32.6. The summed E-state index contributed by atoms with van der Waals surface area (Å²) in [6, 6.07) is 12.8. The first-order valence-electron chi connectivity index (χ1n) is 15.5. The van der Waals surface area contributed by atoms with Crippen LogP contribution in [0.15, 0.2) is 45.7 Å². The third kappa shape index (κ3) is 5.95. The molecule has 0 unspecified atom stereocenters. The number of nitrogens with zero attached hydrogens (tertiary/aromatic N) is 6. The van der Waals surface area contributed by atoms with Crippen molar-refractivity contribution in [1.82, 2.24) is 29.7 Å². The Morgan fingerprint density at radius 3 is 2.09 bits per heavy atom. The van der Waals surface area contributed by atoms with Crippen LogP contribution in [0.5, 0.6) is 0 Å². The Morgan fingerprint density at radius 2 is 1.61 bits per heavy atom. The van der Waals surface area contributed by atoms with Crippen LogP contribution in [-0.2, 0) is 30.1 Å². The summed E-state index contributed by atoms with van der Waals surface area (Å²) in [5.74, 6) is -0.762. The monoisotopic (exact) mass is 627 g/mol. The molecule has 2 heterocycles. The van der Waals surface area contributed by atoms with E-state index in [1.54, 1.807) is 52.3 Å². The molecule has 2 aliphatic rings. The second-order valence-electron chi connectivity index (χ2n) is 12.7. The topological polar surface area (TPSA) is 145 Å². The van der Waals surface area contributed by atoms with Crippen molar-refractivity contribution in [3.8, 4) is 6.07 Å². The minimum absolute atomic E-state index is 0.0411. The smallest absolute Gasteiger partial charge is 0.345 e. The van der Waals surface area contributed by atoms with Crippen LogP contribution < -0.4 is 11.1 Å². The molecule has 1 saturated heterocycles. The summed E-state index contributed by atoms with van der Waals surface area (Å²) in [5.41, 5.74) is 3.57. The number of fused-ring (bicyclic) bond motifs is 2. The van der Waals surface area contributed by atoms with Gasteiger partial charge in [-0.15, -0.1) is 0 Å². The molecule has 1 aliphatic heterocycles. The maximum atomic E-state index is 13.2. The third-order valence-electron chi connectivity index (χ3n) is 9.13. The molecule has 12 heteroatoms. The van der Waals surface area contributed by atoms with Gasteiger partial charge in [0, 0.05) is 59.0 Å². The summed E-state index contributed by atoms with van der Waals surface area (Å²) in [4.78, 5) is 61.0. The van der Waals surface area contributed by atoms with Gasteiger partial charge in [0.05, 0.1) is 18.0 Å². The van der Waals surface area contributed by atoms with Crippen molar-refractivity contribution in [3.05, 3.63) is 86.2 Å². The normalized spacial score (nSPS) is 17.3. The number of amides is 3. The molecule has 0 saturated carbocycles. The van der Waals surface area contributed by atoms with Gasteiger partial charge in [0.15, 0.2) is 5.82 Å². The fourth-order valence-corrected chi connectivity index (χ4v) is 6.98. The molecule has 3 amide bonds. The number of hydrogen-bond donors (Lipinski definition) is 1. The molecule has 1 aliphatic carbocycles. The summed E-state index contributed by atoms with van der Waals surface area (Å²) in [5, 5.41) is 12.9. The number of hydrogen-bond acceptors (Lipinski definition) is 8. The Hall–Kier alpha value is -4.76. The van der Waals surface area contributed by atoms with Gasteiger partial charge in [0.1, 0.15) is 6.04 Å². The first-order chi connectivity index (χ1) is 21.9. The number of nitrogens with one attached hydrogen (secondary N) is 1. The molecule has 242 valence electrons. The number of likely N-dealkylation sites (tertiary alicyclic amines) is 1. The van der Waals surface area contributed by atoms with E-state index in [2.05, 4.69) is 16.4 Å². The summed E-state index contributed by atoms with van der Waals surface area (Å²) in [6.07, 6.45) is 2.99. The van der Waals surface area contributed by atoms with Crippen LogP contribution in [0.1, 0.15) is 75.0 Å². The highest BCUT2D eigenvalue weighted by Crippen LogP contribution is 2.47. The van der Waals surface area contributed by atoms with Gasteiger partial charge in [-0.2, -0.15) is 15.0 Å². The zero-order valence-electron chi connectivity index (χ0n) is 27.3. The van der Waals surface area contributed by atoms with Gasteiger partial charge < -0.3 is 24.5 Å². The van der Waals surface area contributed by atoms with Crippen LogP contribution in [-0.4, -0.2) is 95.5 Å². The van der Waals surface area contributed by atoms with Gasteiger partial charge in [0.2, 0.25) is 5.91 Å². The number of benzene rings is 2. The minimum Gasteiger partial charge on any atom is -0.345 e. The molecular formula is C34H41N7O5. The van der Waals surface area contributed by atoms with Gasteiger partial charge in [-0.3, -0.25) is 14.4 Å². The molecule has 0 radical (unpaired) electrons. The molecule has 46 heavy (non-hydrogen) atoms. The van der Waals surface area contributed by atoms with Crippen LogP contribution in [0.2, 0.25) is 0 Å². The number of carbonyl (C=O) groups excluding carboxylic acids is 3. The molecule has 12 nitrogen and oxygen atoms in total. The average molecular weight is 628 g/mol. The Labute approximate surface area is 268 Å². The fourth-order valence-electron chi connectivity index (χ4n) is 6.98. The number of carbonyl (C=O) groups is 3. The van der Waals surface area contributed by atoms with E-state index in [0.29, 0.717) is 49.2 Å². The van der Waals surface area contributed by atoms with E-state index in [4.69, 9.17) is 4.52 Å². The molecule has 2 atom stereocenters. The predicted octanol–water partition coefficient (Wildman–Crippen LogP) is 2.09. The second-order valence-corrected chi connectivity index (χ2v) is 12.7. The summed E-state index contributed by atoms with van der Waals surface area (Å²) in [6.45, 7) is 2.57. The highest BCUT2D eigenvalue weighted by Gasteiger charge is 2.46. The molecule has 3 aromatic rings. The molecular weight excluding hydrogens is 586 g/mol. The molecule has 1 aromatic heterocycles. The number of rotatable bonds is 8. The maximum Gasteiger partial charge on any atom is 0.459 e. The van der Waals surface area contributed by atoms with Crippen LogP contribution in [0.4, 0.5) is 0 Å². The summed E-state index contributed by atoms with van der Waals surface area (Å²) < 4.78 is 6.83. The molecule has 0 bridgehead atoms. The zero-order chi connectivity index (χ0) is 33.3. The molecule has 0 spiro atoms. The average Bonchev–Trinajstić information content (AvgIpc) is 3.62. The Morgan fingerprint density at radius 1 is 1.04 bits per heavy atom. The van der Waals surface area contributed by atoms with Crippen molar-refractivity contribution in [2.75, 3.05) is 41.3 Å². The lowest BCUT2D eigenvalue weighted by atomic mass is 9.67. The first-order valence-corrected chi connectivity index (χ1v) is 15.5. The van der Waals surface area contributed by atoms with Crippen molar-refractivity contribution < 1.29 is 18.9 Å². The highest BCUT2D eigenvalue weighted by molar-refractivity contribution is 5.95. The van der Waals surface area contributed by atoms with Crippen LogP contribution in [0, 0.1) is 11.3 Å². The van der Waals surface area contributed by atoms with Crippen LogP contribution in [0.25, 0.3) is 0 Å². The van der Waals surface area contributed by atoms with E-state index < -0.39 is 17.2 Å². The fraction of sp³-hybridized carbons (Fsp3) is 0.471. The highest BCUT2D eigenvalue weighted by atomic mass is 16.5. The van der Waals surface area contributed by atoms with Crippen molar-refractivity contribution in [2.45, 2.75) is 56.5 Å². The second kappa shape index (κ2) is 12.9. The molecule has 1 N–H and O–H groups in total. The number of aryl methyl sites for hydroxylation is 3. The van der Waals surface area contributed by atoms with Crippen molar-refractivity contribution in [3.63, 3.8) is 0 Å². The molecule has 2 aromatic carbocycles. The van der Waals surface area contributed by atoms with Crippen molar-refractivity contribution in [2.24, 2.45) is 7.05 Å². The quantitative estimate of drug-likeness (QED) is 0.400. The summed E-state index contributed by atoms with van der Waals surface area (Å²) >= 11 is 0. The lowest BCUT2D eigenvalue weighted by Crippen LogP contribution is -2.46. The van der Waals surface area contributed by atoms with Gasteiger partial charge in [-0.1, -0.05) is 12.1 Å². The lowest BCUT2D eigenvalue weighted by Gasteiger charge is -2.37. The molecule has 1 fully saturated rings. The zero-order valence-corrected chi connectivity index (χ0v) is 27.3. The largest absolute Gasteiger partial charge is 0.459 e. The van der Waals surface area contributed by atoms with E-state index in [0.717, 1.165) is 28.7 Å². The van der Waals surface area contributed by atoms with Gasteiger partial charge in [-0.05, 0) is 85.5 Å². The Bertz CT molecular complexity index is 1690. The Kier molecular flexibility index (Phi) is 9.17. The molecule has 5 rings (SSSR count). The van der Waals surface area contributed by atoms with E-state index >= 15 is 0 Å². The summed E-state index contributed by atoms with van der Waals surface area (Å²) in [7, 11) is 8.47. The standard InChI is InChI=1S/C34H41N7O5/c1-21(36-20-29(42)41-15-7-8-26(41)19-35)18-34(32-37-33(45)46-40(32)6)27-13-11-24(30(43)38(2)3)16-22(27)9-10-23-17-25(12-14-28(23)34)31(44)39(4)5/h11-14,16-17,21,26,36H,7-10,15,18,20H2,1-6H3/t21-,26+/m1/s1. The van der Waals surface area contributed by atoms with E-state index in [1.807, 2.05) is 31.2 Å². The van der Waals surface area contributed by atoms with Gasteiger partial charge in [-0.25, -0.2) is 4.79 Å². The van der Waals surface area contributed by atoms with Crippen molar-refractivity contribution >= 4 is 17.7 Å². The lowest BCUT2D eigenvalue weighted by molar-refractivity contribution is -0.130. The van der Waals surface area contributed by atoms with Crippen LogP contribution >= 0.6 is 0 Å². The van der Waals surface area contributed by atoms with E-state index in [1.165, 1.54) is 14.5 Å². The van der Waals surface area contributed by atoms with E-state index in [9.17, 15) is 24.4 Å².